The zero-order valence-electron chi connectivity index (χ0n) is 17.3. The molecule has 1 unspecified atom stereocenters. The molecule has 0 fully saturated rings. The molecule has 0 aliphatic heterocycles. The van der Waals surface area contributed by atoms with Gasteiger partial charge in [0.2, 0.25) is 10.0 Å². The molecule has 0 aliphatic rings. The van der Waals surface area contributed by atoms with Crippen LogP contribution in [0.4, 0.5) is 5.69 Å². The van der Waals surface area contributed by atoms with Gasteiger partial charge in [0.25, 0.3) is 0 Å². The van der Waals surface area contributed by atoms with E-state index in [4.69, 9.17) is 9.47 Å². The van der Waals surface area contributed by atoms with Gasteiger partial charge >= 0.3 is 0 Å². The number of benzene rings is 2. The van der Waals surface area contributed by atoms with E-state index in [-0.39, 0.29) is 23.2 Å². The number of hydrogen-bond donors (Lipinski definition) is 1. The minimum atomic E-state index is -3.75. The van der Waals surface area contributed by atoms with Crippen molar-refractivity contribution in [1.29, 1.82) is 0 Å². The molecule has 1 atom stereocenters. The molecule has 0 amide bonds. The van der Waals surface area contributed by atoms with Crippen LogP contribution >= 0.6 is 0 Å². The maximum Gasteiger partial charge on any atom is 0.244 e. The third kappa shape index (κ3) is 5.15. The average Bonchev–Trinajstić information content (AvgIpc) is 2.67. The number of ether oxygens (including phenoxy) is 2. The van der Waals surface area contributed by atoms with Gasteiger partial charge in [-0.25, -0.2) is 13.1 Å². The van der Waals surface area contributed by atoms with Gasteiger partial charge in [-0.2, -0.15) is 0 Å². The number of nitrogens with zero attached hydrogens (tertiary/aromatic N) is 2. The molecule has 0 aliphatic carbocycles. The fourth-order valence-electron chi connectivity index (χ4n) is 2.86. The highest BCUT2D eigenvalue weighted by molar-refractivity contribution is 7.89. The number of likely N-dealkylation sites (N-methyl/N-ethyl adjacent to an activating group) is 1. The molecule has 0 heterocycles. The van der Waals surface area contributed by atoms with Crippen LogP contribution < -0.4 is 19.1 Å². The van der Waals surface area contributed by atoms with Crippen LogP contribution in [-0.2, 0) is 10.0 Å². The number of anilines is 1. The van der Waals surface area contributed by atoms with Gasteiger partial charge in [0.15, 0.2) is 0 Å². The summed E-state index contributed by atoms with van der Waals surface area (Å²) >= 11 is 0. The van der Waals surface area contributed by atoms with E-state index in [9.17, 15) is 8.42 Å². The third-order valence-electron chi connectivity index (χ3n) is 4.54. The van der Waals surface area contributed by atoms with Gasteiger partial charge in [-0.3, -0.25) is 0 Å². The molecule has 0 radical (unpaired) electrons. The Morgan fingerprint density at radius 2 is 1.61 bits per heavy atom. The maximum atomic E-state index is 12.9. The van der Waals surface area contributed by atoms with Crippen molar-refractivity contribution in [2.24, 2.45) is 0 Å². The van der Waals surface area contributed by atoms with Gasteiger partial charge in [-0.05, 0) is 43.9 Å². The Kier molecular flexibility index (Phi) is 7.29. The van der Waals surface area contributed by atoms with Crippen LogP contribution in [0.5, 0.6) is 11.5 Å². The molecule has 154 valence electrons. The Morgan fingerprint density at radius 3 is 2.11 bits per heavy atom. The van der Waals surface area contributed by atoms with E-state index in [1.54, 1.807) is 12.1 Å². The third-order valence-corrected chi connectivity index (χ3v) is 6.01. The number of rotatable bonds is 9. The highest BCUT2D eigenvalue weighted by atomic mass is 32.2. The van der Waals surface area contributed by atoms with Crippen molar-refractivity contribution in [3.05, 3.63) is 48.0 Å². The standard InChI is InChI=1S/C20H29N3O4S/c1-22(2)16-9-7-15(8-10-16)18(23(3)4)14-21-28(24,25)20-12-11-17(26-5)13-19(20)27-6/h7-13,18,21H,14H2,1-6H3. The molecular weight excluding hydrogens is 378 g/mol. The molecule has 2 rings (SSSR count). The molecule has 0 saturated heterocycles. The van der Waals surface area contributed by atoms with Crippen molar-refractivity contribution in [2.45, 2.75) is 10.9 Å². The molecule has 0 spiro atoms. The van der Waals surface area contributed by atoms with Crippen molar-refractivity contribution < 1.29 is 17.9 Å². The zero-order chi connectivity index (χ0) is 20.9. The van der Waals surface area contributed by atoms with Crippen molar-refractivity contribution in [1.82, 2.24) is 9.62 Å². The highest BCUT2D eigenvalue weighted by Crippen LogP contribution is 2.29. The molecule has 28 heavy (non-hydrogen) atoms. The summed E-state index contributed by atoms with van der Waals surface area (Å²) in [5, 5.41) is 0. The first-order valence-corrected chi connectivity index (χ1v) is 10.3. The first kappa shape index (κ1) is 22.0. The topological polar surface area (TPSA) is 71.1 Å². The van der Waals surface area contributed by atoms with Crippen LogP contribution in [0.1, 0.15) is 11.6 Å². The van der Waals surface area contributed by atoms with Gasteiger partial charge in [0.05, 0.1) is 14.2 Å². The molecule has 8 heteroatoms. The fourth-order valence-corrected chi connectivity index (χ4v) is 4.04. The summed E-state index contributed by atoms with van der Waals surface area (Å²) < 4.78 is 38.8. The lowest BCUT2D eigenvalue weighted by Crippen LogP contribution is -2.34. The Morgan fingerprint density at radius 1 is 0.964 bits per heavy atom. The van der Waals surface area contributed by atoms with E-state index in [1.807, 2.05) is 62.3 Å². The zero-order valence-corrected chi connectivity index (χ0v) is 18.1. The van der Waals surface area contributed by atoms with Gasteiger partial charge in [-0.1, -0.05) is 12.1 Å². The predicted octanol–water partition coefficient (Wildman–Crippen LogP) is 2.35. The summed E-state index contributed by atoms with van der Waals surface area (Å²) in [5.41, 5.74) is 2.12. The van der Waals surface area contributed by atoms with Gasteiger partial charge < -0.3 is 19.3 Å². The monoisotopic (exact) mass is 407 g/mol. The first-order valence-electron chi connectivity index (χ1n) is 8.85. The van der Waals surface area contributed by atoms with Crippen LogP contribution in [0, 0.1) is 0 Å². The summed E-state index contributed by atoms with van der Waals surface area (Å²) in [5.74, 6) is 0.770. The molecule has 2 aromatic carbocycles. The lowest BCUT2D eigenvalue weighted by Gasteiger charge is -2.26. The summed E-state index contributed by atoms with van der Waals surface area (Å²) in [7, 11) is 7.01. The predicted molar refractivity (Wildman–Crippen MR) is 112 cm³/mol. The summed E-state index contributed by atoms with van der Waals surface area (Å²) in [6.45, 7) is 0.228. The molecule has 1 N–H and O–H groups in total. The van der Waals surface area contributed by atoms with Crippen molar-refractivity contribution in [2.75, 3.05) is 53.9 Å². The van der Waals surface area contributed by atoms with Crippen molar-refractivity contribution >= 4 is 15.7 Å². The Labute approximate surface area is 167 Å². The molecule has 7 nitrogen and oxygen atoms in total. The van der Waals surface area contributed by atoms with Gasteiger partial charge in [0, 0.05) is 38.4 Å². The fraction of sp³-hybridized carbons (Fsp3) is 0.400. The second-order valence-electron chi connectivity index (χ2n) is 6.83. The van der Waals surface area contributed by atoms with Crippen LogP contribution in [0.15, 0.2) is 47.4 Å². The highest BCUT2D eigenvalue weighted by Gasteiger charge is 2.23. The number of sulfonamides is 1. The van der Waals surface area contributed by atoms with Crippen LogP contribution in [0.25, 0.3) is 0 Å². The van der Waals surface area contributed by atoms with Crippen molar-refractivity contribution in [3.8, 4) is 11.5 Å². The molecule has 0 bridgehead atoms. The lowest BCUT2D eigenvalue weighted by atomic mass is 10.1. The summed E-state index contributed by atoms with van der Waals surface area (Å²) in [6, 6.07) is 12.6. The molecule has 2 aromatic rings. The SMILES string of the molecule is COc1ccc(S(=O)(=O)NCC(c2ccc(N(C)C)cc2)N(C)C)c(OC)c1. The maximum absolute atomic E-state index is 12.9. The van der Waals surface area contributed by atoms with Crippen molar-refractivity contribution in [3.63, 3.8) is 0 Å². The van der Waals surface area contributed by atoms with E-state index >= 15 is 0 Å². The van der Waals surface area contributed by atoms with Crippen LogP contribution in [0.3, 0.4) is 0 Å². The Bertz CT molecular complexity index is 881. The van der Waals surface area contributed by atoms with Gasteiger partial charge in [0.1, 0.15) is 16.4 Å². The molecule has 0 aromatic heterocycles. The lowest BCUT2D eigenvalue weighted by molar-refractivity contribution is 0.299. The summed E-state index contributed by atoms with van der Waals surface area (Å²) in [6.07, 6.45) is 0. The number of hydrogen-bond acceptors (Lipinski definition) is 6. The Hall–Kier alpha value is -2.29. The first-order chi connectivity index (χ1) is 13.2. The molecular formula is C20H29N3O4S. The minimum Gasteiger partial charge on any atom is -0.497 e. The van der Waals surface area contributed by atoms with E-state index in [1.165, 1.54) is 20.3 Å². The van der Waals surface area contributed by atoms with E-state index in [0.29, 0.717) is 5.75 Å². The molecule has 0 saturated carbocycles. The number of methoxy groups -OCH3 is 2. The van der Waals surface area contributed by atoms with Crippen LogP contribution in [-0.4, -0.2) is 62.3 Å². The van der Waals surface area contributed by atoms with Crippen LogP contribution in [0.2, 0.25) is 0 Å². The van der Waals surface area contributed by atoms with E-state index < -0.39 is 10.0 Å². The average molecular weight is 408 g/mol. The second-order valence-corrected chi connectivity index (χ2v) is 8.57. The minimum absolute atomic E-state index is 0.0799. The smallest absolute Gasteiger partial charge is 0.244 e. The van der Waals surface area contributed by atoms with E-state index in [0.717, 1.165) is 11.3 Å². The largest absolute Gasteiger partial charge is 0.497 e. The Balaban J connectivity index is 2.23. The normalized spacial score (nSPS) is 12.7. The number of nitrogens with one attached hydrogen (secondary N) is 1. The van der Waals surface area contributed by atoms with E-state index in [2.05, 4.69) is 4.72 Å². The quantitative estimate of drug-likeness (QED) is 0.688. The van der Waals surface area contributed by atoms with Gasteiger partial charge in [-0.15, -0.1) is 0 Å². The summed E-state index contributed by atoms with van der Waals surface area (Å²) in [4.78, 5) is 4.09. The second kappa shape index (κ2) is 9.27.